The number of nitro benzene ring substituents is 1. The van der Waals surface area contributed by atoms with Crippen molar-refractivity contribution in [2.75, 3.05) is 19.1 Å². The maximum Gasteiger partial charge on any atom is 0.311 e. The molecule has 0 N–H and O–H groups in total. The number of benzene rings is 2. The van der Waals surface area contributed by atoms with E-state index in [-0.39, 0.29) is 22.9 Å². The zero-order valence-corrected chi connectivity index (χ0v) is 14.5. The predicted molar refractivity (Wildman–Crippen MR) is 91.3 cm³/mol. The molecule has 0 fully saturated rings. The van der Waals surface area contributed by atoms with E-state index in [1.165, 1.54) is 30.2 Å². The molecule has 0 heterocycles. The summed E-state index contributed by atoms with van der Waals surface area (Å²) in [6.07, 6.45) is 0. The van der Waals surface area contributed by atoms with E-state index in [4.69, 9.17) is 4.74 Å². The minimum absolute atomic E-state index is 0.119. The fourth-order valence-electron chi connectivity index (χ4n) is 2.26. The summed E-state index contributed by atoms with van der Waals surface area (Å²) in [4.78, 5) is 24.6. The Labute approximate surface area is 142 Å². The van der Waals surface area contributed by atoms with Gasteiger partial charge in [-0.15, -0.1) is 0 Å². The molecule has 1 amide bonds. The molecule has 0 saturated heterocycles. The van der Waals surface area contributed by atoms with E-state index in [0.717, 1.165) is 15.7 Å². The topological polar surface area (TPSA) is 72.7 Å². The Hall–Kier alpha value is -2.41. The van der Waals surface area contributed by atoms with Gasteiger partial charge in [-0.25, -0.2) is 0 Å². The molecule has 120 valence electrons. The summed E-state index contributed by atoms with van der Waals surface area (Å²) in [5.41, 5.74) is 1.64. The van der Waals surface area contributed by atoms with Crippen LogP contribution in [0.5, 0.6) is 5.75 Å². The Balaban J connectivity index is 2.40. The molecule has 0 spiro atoms. The Morgan fingerprint density at radius 3 is 2.52 bits per heavy atom. The quantitative estimate of drug-likeness (QED) is 0.596. The van der Waals surface area contributed by atoms with Crippen LogP contribution in [0, 0.1) is 17.0 Å². The number of amides is 1. The molecule has 0 aliphatic rings. The number of aryl methyl sites for hydroxylation is 1. The van der Waals surface area contributed by atoms with E-state index in [2.05, 4.69) is 15.9 Å². The fraction of sp³-hybridized carbons (Fsp3) is 0.188. The monoisotopic (exact) mass is 378 g/mol. The second-order valence-electron chi connectivity index (χ2n) is 4.94. The lowest BCUT2D eigenvalue weighted by Gasteiger charge is -2.20. The van der Waals surface area contributed by atoms with Crippen molar-refractivity contribution in [2.45, 2.75) is 6.92 Å². The molecule has 2 aromatic rings. The van der Waals surface area contributed by atoms with E-state index in [9.17, 15) is 14.9 Å². The summed E-state index contributed by atoms with van der Waals surface area (Å²) >= 11 is 3.38. The molecule has 7 heteroatoms. The van der Waals surface area contributed by atoms with Crippen molar-refractivity contribution in [1.82, 2.24) is 0 Å². The van der Waals surface area contributed by atoms with Crippen molar-refractivity contribution < 1.29 is 14.5 Å². The minimum atomic E-state index is -0.569. The van der Waals surface area contributed by atoms with Gasteiger partial charge >= 0.3 is 5.69 Å². The van der Waals surface area contributed by atoms with E-state index in [0.29, 0.717) is 0 Å². The lowest BCUT2D eigenvalue weighted by molar-refractivity contribution is -0.385. The first-order chi connectivity index (χ1) is 10.8. The highest BCUT2D eigenvalue weighted by Gasteiger charge is 2.21. The Kier molecular flexibility index (Phi) is 5.00. The van der Waals surface area contributed by atoms with Gasteiger partial charge in [0.05, 0.1) is 12.0 Å². The van der Waals surface area contributed by atoms with Crippen LogP contribution in [0.25, 0.3) is 0 Å². The zero-order valence-electron chi connectivity index (χ0n) is 12.9. The SMILES string of the molecule is COc1ccc(C(=O)N(C)c2ccc(Br)cc2C)cc1[N+](=O)[O-]. The maximum atomic E-state index is 12.6. The van der Waals surface area contributed by atoms with E-state index in [1.807, 2.05) is 25.1 Å². The third kappa shape index (κ3) is 3.50. The number of nitrogens with zero attached hydrogens (tertiary/aromatic N) is 2. The average Bonchev–Trinajstić information content (AvgIpc) is 2.52. The molecule has 0 bridgehead atoms. The van der Waals surface area contributed by atoms with Gasteiger partial charge < -0.3 is 9.64 Å². The number of ether oxygens (including phenoxy) is 1. The largest absolute Gasteiger partial charge is 0.490 e. The van der Waals surface area contributed by atoms with Crippen molar-refractivity contribution >= 4 is 33.2 Å². The van der Waals surface area contributed by atoms with E-state index < -0.39 is 4.92 Å². The Morgan fingerprint density at radius 1 is 1.26 bits per heavy atom. The molecule has 0 atom stereocenters. The molecule has 0 aliphatic heterocycles. The van der Waals surface area contributed by atoms with Gasteiger partial charge in [0.25, 0.3) is 5.91 Å². The first-order valence-electron chi connectivity index (χ1n) is 6.71. The van der Waals surface area contributed by atoms with Crippen LogP contribution in [0.1, 0.15) is 15.9 Å². The van der Waals surface area contributed by atoms with Crippen LogP contribution in [0.2, 0.25) is 0 Å². The van der Waals surface area contributed by atoms with Crippen LogP contribution in [0.3, 0.4) is 0 Å². The van der Waals surface area contributed by atoms with Crippen molar-refractivity contribution in [3.05, 3.63) is 62.1 Å². The number of anilines is 1. The molecule has 0 unspecified atom stereocenters. The van der Waals surface area contributed by atoms with Crippen molar-refractivity contribution in [3.8, 4) is 5.75 Å². The van der Waals surface area contributed by atoms with Crippen molar-refractivity contribution in [3.63, 3.8) is 0 Å². The number of carbonyl (C=O) groups is 1. The van der Waals surface area contributed by atoms with Crippen LogP contribution in [-0.2, 0) is 0 Å². The molecule has 23 heavy (non-hydrogen) atoms. The van der Waals surface area contributed by atoms with Gasteiger partial charge in [0.2, 0.25) is 0 Å². The van der Waals surface area contributed by atoms with Gasteiger partial charge in [0.1, 0.15) is 0 Å². The molecule has 2 aromatic carbocycles. The Bertz CT molecular complexity index is 777. The molecular formula is C16H15BrN2O4. The summed E-state index contributed by atoms with van der Waals surface area (Å²) in [5, 5.41) is 11.1. The van der Waals surface area contributed by atoms with Crippen LogP contribution in [-0.4, -0.2) is 25.0 Å². The molecule has 6 nitrogen and oxygen atoms in total. The molecule has 0 saturated carbocycles. The van der Waals surface area contributed by atoms with Crippen LogP contribution >= 0.6 is 15.9 Å². The second-order valence-corrected chi connectivity index (χ2v) is 5.85. The first kappa shape index (κ1) is 17.0. The maximum absolute atomic E-state index is 12.6. The Morgan fingerprint density at radius 2 is 1.96 bits per heavy atom. The van der Waals surface area contributed by atoms with Crippen molar-refractivity contribution in [2.24, 2.45) is 0 Å². The molecular weight excluding hydrogens is 364 g/mol. The van der Waals surface area contributed by atoms with Gasteiger partial charge in [-0.3, -0.25) is 14.9 Å². The molecule has 0 aliphatic carbocycles. The molecule has 0 aromatic heterocycles. The molecule has 2 rings (SSSR count). The second kappa shape index (κ2) is 6.78. The minimum Gasteiger partial charge on any atom is -0.490 e. The third-order valence-corrected chi connectivity index (χ3v) is 3.94. The van der Waals surface area contributed by atoms with Gasteiger partial charge in [0.15, 0.2) is 5.75 Å². The summed E-state index contributed by atoms with van der Waals surface area (Å²) < 4.78 is 5.86. The normalized spacial score (nSPS) is 10.3. The average molecular weight is 379 g/mol. The van der Waals surface area contributed by atoms with E-state index in [1.54, 1.807) is 7.05 Å². The lowest BCUT2D eigenvalue weighted by Crippen LogP contribution is -2.27. The zero-order chi connectivity index (χ0) is 17.1. The number of rotatable bonds is 4. The van der Waals surface area contributed by atoms with E-state index >= 15 is 0 Å². The van der Waals surface area contributed by atoms with Gasteiger partial charge in [-0.05, 0) is 42.8 Å². The summed E-state index contributed by atoms with van der Waals surface area (Å²) in [6.45, 7) is 1.89. The number of halogens is 1. The van der Waals surface area contributed by atoms with Crippen molar-refractivity contribution in [1.29, 1.82) is 0 Å². The summed E-state index contributed by atoms with van der Waals surface area (Å²) in [5.74, 6) is -0.213. The highest BCUT2D eigenvalue weighted by Crippen LogP contribution is 2.29. The number of carbonyl (C=O) groups excluding carboxylic acids is 1. The first-order valence-corrected chi connectivity index (χ1v) is 7.51. The lowest BCUT2D eigenvalue weighted by atomic mass is 10.1. The van der Waals surface area contributed by atoms with Gasteiger partial charge in [-0.1, -0.05) is 15.9 Å². The molecule has 0 radical (unpaired) electrons. The van der Waals surface area contributed by atoms with Gasteiger partial charge in [-0.2, -0.15) is 0 Å². The standard InChI is InChI=1S/C16H15BrN2O4/c1-10-8-12(17)5-6-13(10)18(2)16(20)11-4-7-15(23-3)14(9-11)19(21)22/h4-9H,1-3H3. The summed E-state index contributed by atoms with van der Waals surface area (Å²) in [7, 11) is 2.98. The van der Waals surface area contributed by atoms with Gasteiger partial charge in [0, 0.05) is 28.8 Å². The number of hydrogen-bond donors (Lipinski definition) is 0. The predicted octanol–water partition coefficient (Wildman–Crippen LogP) is 3.95. The van der Waals surface area contributed by atoms with Crippen LogP contribution < -0.4 is 9.64 Å². The van der Waals surface area contributed by atoms with Crippen LogP contribution in [0.4, 0.5) is 11.4 Å². The number of methoxy groups -OCH3 is 1. The highest BCUT2D eigenvalue weighted by atomic mass is 79.9. The third-order valence-electron chi connectivity index (χ3n) is 3.45. The highest BCUT2D eigenvalue weighted by molar-refractivity contribution is 9.10. The summed E-state index contributed by atoms with van der Waals surface area (Å²) in [6, 6.07) is 9.71. The number of nitro groups is 1. The van der Waals surface area contributed by atoms with Crippen LogP contribution in [0.15, 0.2) is 40.9 Å². The smallest absolute Gasteiger partial charge is 0.311 e. The fourth-order valence-corrected chi connectivity index (χ4v) is 2.74. The number of hydrogen-bond acceptors (Lipinski definition) is 4.